The van der Waals surface area contributed by atoms with Gasteiger partial charge >= 0.3 is 6.09 Å². The van der Waals surface area contributed by atoms with Crippen LogP contribution in [0.3, 0.4) is 0 Å². The zero-order chi connectivity index (χ0) is 21.3. The molecule has 160 valence electrons. The van der Waals surface area contributed by atoms with E-state index in [1.165, 1.54) is 25.7 Å². The Hall–Kier alpha value is -3.47. The summed E-state index contributed by atoms with van der Waals surface area (Å²) < 4.78 is 12.3. The monoisotopic (exact) mass is 415 g/mol. The van der Waals surface area contributed by atoms with Crippen LogP contribution < -0.4 is 15.8 Å². The highest BCUT2D eigenvalue weighted by Crippen LogP contribution is 2.22. The Kier molecular flexibility index (Phi) is 7.33. The summed E-state index contributed by atoms with van der Waals surface area (Å²) in [5.74, 6) is 1.42. The van der Waals surface area contributed by atoms with Crippen LogP contribution in [0.25, 0.3) is 16.9 Å². The van der Waals surface area contributed by atoms with Crippen molar-refractivity contribution in [3.8, 4) is 11.4 Å². The Morgan fingerprint density at radius 2 is 1.97 bits per heavy atom. The number of aromatic nitrogens is 5. The summed E-state index contributed by atoms with van der Waals surface area (Å²) in [5.41, 5.74) is 6.26. The van der Waals surface area contributed by atoms with Crippen molar-refractivity contribution >= 4 is 23.2 Å². The summed E-state index contributed by atoms with van der Waals surface area (Å²) in [6.07, 6.45) is 5.24. The minimum atomic E-state index is -1.33. The quantitative estimate of drug-likeness (QED) is 0.493. The smallest absolute Gasteiger partial charge is 0.402 e. The lowest BCUT2D eigenvalue weighted by Crippen LogP contribution is -2.16. The molecule has 0 unspecified atom stereocenters. The summed E-state index contributed by atoms with van der Waals surface area (Å²) in [6, 6.07) is 8.12. The number of nitrogens with two attached hydrogens (primary N) is 1. The van der Waals surface area contributed by atoms with E-state index >= 15 is 0 Å². The van der Waals surface area contributed by atoms with E-state index in [1.807, 2.05) is 24.3 Å². The maximum absolute atomic E-state index is 8.78. The second-order valence-corrected chi connectivity index (χ2v) is 6.70. The SMILES string of the molecule is COCCOc1ccc(-n2nnc3cnc(NC4CCCC4)nc32)cc1.NC(=O)O. The lowest BCUT2D eigenvalue weighted by Gasteiger charge is -2.11. The lowest BCUT2D eigenvalue weighted by atomic mass is 10.2. The first kappa shape index (κ1) is 21.2. The highest BCUT2D eigenvalue weighted by atomic mass is 16.5. The van der Waals surface area contributed by atoms with E-state index in [0.29, 0.717) is 36.4 Å². The number of methoxy groups -OCH3 is 1. The molecule has 1 aromatic carbocycles. The van der Waals surface area contributed by atoms with Gasteiger partial charge in [-0.1, -0.05) is 18.1 Å². The van der Waals surface area contributed by atoms with Crippen LogP contribution in [0.5, 0.6) is 5.75 Å². The number of hydrogen-bond donors (Lipinski definition) is 3. The first-order valence-electron chi connectivity index (χ1n) is 9.62. The van der Waals surface area contributed by atoms with Crippen LogP contribution in [-0.2, 0) is 4.74 Å². The normalized spacial score (nSPS) is 13.6. The molecule has 0 saturated heterocycles. The number of carbonyl (C=O) groups is 1. The topological polar surface area (TPSA) is 150 Å². The largest absolute Gasteiger partial charge is 0.491 e. The zero-order valence-corrected chi connectivity index (χ0v) is 16.7. The Morgan fingerprint density at radius 3 is 2.63 bits per heavy atom. The average Bonchev–Trinajstić information content (AvgIpc) is 3.38. The number of ether oxygens (including phenoxy) is 2. The molecule has 2 heterocycles. The van der Waals surface area contributed by atoms with Crippen molar-refractivity contribution in [1.29, 1.82) is 0 Å². The van der Waals surface area contributed by atoms with Crippen molar-refractivity contribution in [1.82, 2.24) is 25.0 Å². The van der Waals surface area contributed by atoms with Gasteiger partial charge in [-0.3, -0.25) is 0 Å². The Bertz CT molecular complexity index is 951. The van der Waals surface area contributed by atoms with Crippen LogP contribution in [0, 0.1) is 0 Å². The zero-order valence-electron chi connectivity index (χ0n) is 16.7. The summed E-state index contributed by atoms with van der Waals surface area (Å²) in [7, 11) is 1.65. The molecule has 0 aliphatic heterocycles. The summed E-state index contributed by atoms with van der Waals surface area (Å²) in [5, 5.41) is 19.0. The molecule has 1 aliphatic carbocycles. The van der Waals surface area contributed by atoms with Gasteiger partial charge in [0.2, 0.25) is 5.95 Å². The molecule has 1 amide bonds. The number of nitrogens with zero attached hydrogens (tertiary/aromatic N) is 5. The third-order valence-corrected chi connectivity index (χ3v) is 4.52. The molecule has 0 spiro atoms. The van der Waals surface area contributed by atoms with E-state index in [2.05, 4.69) is 31.3 Å². The molecule has 11 nitrogen and oxygen atoms in total. The van der Waals surface area contributed by atoms with Crippen LogP contribution in [-0.4, -0.2) is 62.5 Å². The third-order valence-electron chi connectivity index (χ3n) is 4.52. The van der Waals surface area contributed by atoms with E-state index in [9.17, 15) is 0 Å². The first-order valence-corrected chi connectivity index (χ1v) is 9.62. The van der Waals surface area contributed by atoms with Gasteiger partial charge in [-0.15, -0.1) is 5.10 Å². The van der Waals surface area contributed by atoms with Crippen molar-refractivity contribution in [2.24, 2.45) is 5.73 Å². The highest BCUT2D eigenvalue weighted by Gasteiger charge is 2.17. The Morgan fingerprint density at radius 1 is 1.27 bits per heavy atom. The van der Waals surface area contributed by atoms with Gasteiger partial charge in [0.05, 0.1) is 18.5 Å². The van der Waals surface area contributed by atoms with Gasteiger partial charge < -0.3 is 25.6 Å². The van der Waals surface area contributed by atoms with Gasteiger partial charge in [0.1, 0.15) is 12.4 Å². The molecule has 1 fully saturated rings. The van der Waals surface area contributed by atoms with Crippen molar-refractivity contribution in [3.05, 3.63) is 30.5 Å². The number of hydrogen-bond acceptors (Lipinski definition) is 8. The molecule has 0 atom stereocenters. The standard InChI is InChI=1S/C18H22N6O2.CH3NO2/c1-25-10-11-26-15-8-6-14(7-9-15)24-17-16(22-23-24)12-19-18(21-17)20-13-4-2-3-5-13;2-1(3)4/h6-9,12-13H,2-5,10-11H2,1H3,(H,19,20,21);2H2,(H,3,4). The highest BCUT2D eigenvalue weighted by molar-refractivity contribution is 5.72. The molecule has 1 aliphatic rings. The predicted molar refractivity (Wildman–Crippen MR) is 110 cm³/mol. The van der Waals surface area contributed by atoms with E-state index in [-0.39, 0.29) is 0 Å². The number of carboxylic acid groups (broad SMARTS) is 1. The summed E-state index contributed by atoms with van der Waals surface area (Å²) in [6.45, 7) is 1.08. The van der Waals surface area contributed by atoms with Crippen LogP contribution in [0.4, 0.5) is 10.7 Å². The lowest BCUT2D eigenvalue weighted by molar-refractivity contribution is 0.146. The van der Waals surface area contributed by atoms with Gasteiger partial charge in [-0.25, -0.2) is 9.78 Å². The molecule has 11 heteroatoms. The molecule has 3 aromatic rings. The second kappa shape index (κ2) is 10.3. The van der Waals surface area contributed by atoms with Gasteiger partial charge in [0.25, 0.3) is 0 Å². The molecule has 1 saturated carbocycles. The van der Waals surface area contributed by atoms with Crippen LogP contribution in [0.15, 0.2) is 30.5 Å². The maximum atomic E-state index is 8.78. The van der Waals surface area contributed by atoms with Crippen LogP contribution >= 0.6 is 0 Å². The van der Waals surface area contributed by atoms with Gasteiger partial charge in [-0.2, -0.15) is 9.67 Å². The second-order valence-electron chi connectivity index (χ2n) is 6.70. The van der Waals surface area contributed by atoms with E-state index in [4.69, 9.17) is 19.4 Å². The Balaban J connectivity index is 0.000000589. The molecule has 4 N–H and O–H groups in total. The average molecular weight is 415 g/mol. The Labute approximate surface area is 173 Å². The molecule has 4 rings (SSSR count). The predicted octanol–water partition coefficient (Wildman–Crippen LogP) is 2.21. The van der Waals surface area contributed by atoms with Crippen molar-refractivity contribution in [2.75, 3.05) is 25.6 Å². The molecule has 0 bridgehead atoms. The van der Waals surface area contributed by atoms with Gasteiger partial charge in [-0.05, 0) is 37.1 Å². The fourth-order valence-electron chi connectivity index (χ4n) is 3.15. The van der Waals surface area contributed by atoms with E-state index in [1.54, 1.807) is 18.0 Å². The van der Waals surface area contributed by atoms with E-state index in [0.717, 1.165) is 11.4 Å². The molecule has 2 aromatic heterocycles. The van der Waals surface area contributed by atoms with Crippen molar-refractivity contribution < 1.29 is 19.4 Å². The number of primary amides is 1. The summed E-state index contributed by atoms with van der Waals surface area (Å²) >= 11 is 0. The first-order chi connectivity index (χ1) is 14.6. The van der Waals surface area contributed by atoms with E-state index < -0.39 is 6.09 Å². The number of rotatable bonds is 7. The third kappa shape index (κ3) is 5.77. The van der Waals surface area contributed by atoms with Crippen LogP contribution in [0.2, 0.25) is 0 Å². The number of fused-ring (bicyclic) bond motifs is 1. The van der Waals surface area contributed by atoms with Gasteiger partial charge in [0, 0.05) is 13.2 Å². The maximum Gasteiger partial charge on any atom is 0.402 e. The molecular weight excluding hydrogens is 390 g/mol. The fraction of sp³-hybridized carbons (Fsp3) is 0.421. The minimum absolute atomic E-state index is 0.459. The number of anilines is 1. The molecule has 0 radical (unpaired) electrons. The van der Waals surface area contributed by atoms with Crippen LogP contribution in [0.1, 0.15) is 25.7 Å². The number of amides is 1. The minimum Gasteiger partial charge on any atom is -0.491 e. The van der Waals surface area contributed by atoms with Crippen molar-refractivity contribution in [2.45, 2.75) is 31.7 Å². The fourth-order valence-corrected chi connectivity index (χ4v) is 3.15. The number of benzene rings is 1. The van der Waals surface area contributed by atoms with Gasteiger partial charge in [0.15, 0.2) is 11.2 Å². The summed E-state index contributed by atoms with van der Waals surface area (Å²) in [4.78, 5) is 17.8. The van der Waals surface area contributed by atoms with Crippen molar-refractivity contribution in [3.63, 3.8) is 0 Å². The molecule has 30 heavy (non-hydrogen) atoms. The molecular formula is C19H25N7O4. The number of nitrogens with one attached hydrogen (secondary N) is 1.